The van der Waals surface area contributed by atoms with Crippen molar-refractivity contribution in [2.45, 2.75) is 26.7 Å². The molecular formula is C18H24N4O. The third-order valence-corrected chi connectivity index (χ3v) is 3.46. The van der Waals surface area contributed by atoms with Gasteiger partial charge >= 0.3 is 0 Å². The fourth-order valence-corrected chi connectivity index (χ4v) is 2.08. The minimum Gasteiger partial charge on any atom is -0.354 e. The lowest BCUT2D eigenvalue weighted by Crippen LogP contribution is -2.25. The van der Waals surface area contributed by atoms with E-state index in [0.29, 0.717) is 24.0 Å². The van der Waals surface area contributed by atoms with Crippen molar-refractivity contribution in [1.29, 1.82) is 0 Å². The van der Waals surface area contributed by atoms with Crippen molar-refractivity contribution in [3.63, 3.8) is 0 Å². The van der Waals surface area contributed by atoms with E-state index in [9.17, 15) is 4.79 Å². The van der Waals surface area contributed by atoms with Crippen LogP contribution in [0.5, 0.6) is 0 Å². The Labute approximate surface area is 137 Å². The van der Waals surface area contributed by atoms with Crippen LogP contribution >= 0.6 is 0 Å². The Morgan fingerprint density at radius 3 is 2.43 bits per heavy atom. The van der Waals surface area contributed by atoms with Crippen LogP contribution in [0.2, 0.25) is 0 Å². The quantitative estimate of drug-likeness (QED) is 0.786. The number of rotatable bonds is 8. The SMILES string of the molecule is CC(C)CCNC(=O)c1cnc(NCCc2ccccc2)nc1. The fraction of sp³-hybridized carbons (Fsp3) is 0.389. The number of hydrogen-bond acceptors (Lipinski definition) is 4. The number of benzene rings is 1. The molecule has 0 unspecified atom stereocenters. The number of carbonyl (C=O) groups is 1. The van der Waals surface area contributed by atoms with Crippen molar-refractivity contribution in [3.05, 3.63) is 53.9 Å². The maximum Gasteiger partial charge on any atom is 0.254 e. The number of nitrogens with zero attached hydrogens (tertiary/aromatic N) is 2. The first-order valence-electron chi connectivity index (χ1n) is 8.03. The second kappa shape index (κ2) is 8.88. The molecule has 122 valence electrons. The molecule has 0 atom stereocenters. The average molecular weight is 312 g/mol. The molecule has 23 heavy (non-hydrogen) atoms. The van der Waals surface area contributed by atoms with E-state index in [1.165, 1.54) is 5.56 Å². The summed E-state index contributed by atoms with van der Waals surface area (Å²) in [6.45, 7) is 5.69. The molecule has 2 rings (SSSR count). The molecule has 0 fully saturated rings. The van der Waals surface area contributed by atoms with Gasteiger partial charge in [-0.2, -0.15) is 0 Å². The van der Waals surface area contributed by atoms with E-state index < -0.39 is 0 Å². The third-order valence-electron chi connectivity index (χ3n) is 3.46. The molecule has 0 spiro atoms. The first kappa shape index (κ1) is 16.9. The standard InChI is InChI=1S/C18H24N4O/c1-14(2)8-10-19-17(23)16-12-21-18(22-13-16)20-11-9-15-6-4-3-5-7-15/h3-7,12-14H,8-11H2,1-2H3,(H,19,23)(H,20,21,22). The lowest BCUT2D eigenvalue weighted by Gasteiger charge is -2.08. The molecule has 2 N–H and O–H groups in total. The minimum atomic E-state index is -0.124. The van der Waals surface area contributed by atoms with Crippen molar-refractivity contribution < 1.29 is 4.79 Å². The number of nitrogens with one attached hydrogen (secondary N) is 2. The molecule has 0 saturated carbocycles. The second-order valence-electron chi connectivity index (χ2n) is 5.90. The number of aromatic nitrogens is 2. The molecule has 1 aromatic heterocycles. The number of anilines is 1. The summed E-state index contributed by atoms with van der Waals surface area (Å²) in [5.41, 5.74) is 1.75. The first-order valence-corrected chi connectivity index (χ1v) is 8.03. The topological polar surface area (TPSA) is 66.9 Å². The Bertz CT molecular complexity index is 596. The molecule has 1 amide bonds. The van der Waals surface area contributed by atoms with Crippen LogP contribution < -0.4 is 10.6 Å². The Hall–Kier alpha value is -2.43. The van der Waals surface area contributed by atoms with Crippen LogP contribution in [0.1, 0.15) is 36.2 Å². The van der Waals surface area contributed by atoms with Gasteiger partial charge in [-0.3, -0.25) is 4.79 Å². The summed E-state index contributed by atoms with van der Waals surface area (Å²) >= 11 is 0. The van der Waals surface area contributed by atoms with E-state index in [-0.39, 0.29) is 5.91 Å². The minimum absolute atomic E-state index is 0.124. The molecule has 1 aromatic carbocycles. The van der Waals surface area contributed by atoms with Gasteiger partial charge in [0.15, 0.2) is 0 Å². The molecule has 0 aliphatic heterocycles. The van der Waals surface area contributed by atoms with Gasteiger partial charge in [0.25, 0.3) is 5.91 Å². The maximum absolute atomic E-state index is 11.9. The van der Waals surface area contributed by atoms with Gasteiger partial charge in [0.1, 0.15) is 0 Å². The van der Waals surface area contributed by atoms with Crippen molar-refractivity contribution in [1.82, 2.24) is 15.3 Å². The zero-order chi connectivity index (χ0) is 16.5. The normalized spacial score (nSPS) is 10.6. The largest absolute Gasteiger partial charge is 0.354 e. The lowest BCUT2D eigenvalue weighted by molar-refractivity contribution is 0.0951. The van der Waals surface area contributed by atoms with Gasteiger partial charge in [0.05, 0.1) is 5.56 Å². The molecule has 0 bridgehead atoms. The van der Waals surface area contributed by atoms with Crippen LogP contribution in [-0.4, -0.2) is 29.0 Å². The van der Waals surface area contributed by atoms with E-state index in [4.69, 9.17) is 0 Å². The highest BCUT2D eigenvalue weighted by Crippen LogP contribution is 2.03. The molecule has 0 aliphatic carbocycles. The lowest BCUT2D eigenvalue weighted by atomic mass is 10.1. The van der Waals surface area contributed by atoms with Crippen molar-refractivity contribution >= 4 is 11.9 Å². The summed E-state index contributed by atoms with van der Waals surface area (Å²) in [5.74, 6) is 0.990. The van der Waals surface area contributed by atoms with Crippen LogP contribution in [0.4, 0.5) is 5.95 Å². The van der Waals surface area contributed by atoms with Gasteiger partial charge < -0.3 is 10.6 Å². The molecule has 1 heterocycles. The maximum atomic E-state index is 11.9. The summed E-state index contributed by atoms with van der Waals surface area (Å²) in [6.07, 6.45) is 4.98. The third kappa shape index (κ3) is 6.06. The van der Waals surface area contributed by atoms with Crippen LogP contribution in [0.15, 0.2) is 42.7 Å². The van der Waals surface area contributed by atoms with Crippen LogP contribution in [0.3, 0.4) is 0 Å². The molecule has 5 nitrogen and oxygen atoms in total. The first-order chi connectivity index (χ1) is 11.1. The molecule has 0 radical (unpaired) electrons. The molecular weight excluding hydrogens is 288 g/mol. The summed E-state index contributed by atoms with van der Waals surface area (Å²) in [6, 6.07) is 10.2. The highest BCUT2D eigenvalue weighted by molar-refractivity contribution is 5.93. The summed E-state index contributed by atoms with van der Waals surface area (Å²) in [4.78, 5) is 20.3. The van der Waals surface area contributed by atoms with Gasteiger partial charge in [-0.15, -0.1) is 0 Å². The molecule has 0 aliphatic rings. The van der Waals surface area contributed by atoms with E-state index in [2.05, 4.69) is 46.6 Å². The van der Waals surface area contributed by atoms with Gasteiger partial charge in [-0.25, -0.2) is 9.97 Å². The monoisotopic (exact) mass is 312 g/mol. The van der Waals surface area contributed by atoms with Crippen LogP contribution in [0, 0.1) is 5.92 Å². The number of carbonyl (C=O) groups excluding carboxylic acids is 1. The van der Waals surface area contributed by atoms with Crippen molar-refractivity contribution in [2.75, 3.05) is 18.4 Å². The molecule has 2 aromatic rings. The number of amides is 1. The Morgan fingerprint density at radius 2 is 1.78 bits per heavy atom. The van der Waals surface area contributed by atoms with E-state index >= 15 is 0 Å². The summed E-state index contributed by atoms with van der Waals surface area (Å²) in [7, 11) is 0. The highest BCUT2D eigenvalue weighted by Gasteiger charge is 2.07. The predicted molar refractivity (Wildman–Crippen MR) is 92.5 cm³/mol. The second-order valence-corrected chi connectivity index (χ2v) is 5.90. The average Bonchev–Trinajstić information content (AvgIpc) is 2.56. The molecule has 0 saturated heterocycles. The predicted octanol–water partition coefficient (Wildman–Crippen LogP) is 2.91. The Balaban J connectivity index is 1.76. The van der Waals surface area contributed by atoms with Crippen LogP contribution in [0.25, 0.3) is 0 Å². The van der Waals surface area contributed by atoms with Crippen LogP contribution in [-0.2, 0) is 6.42 Å². The fourth-order valence-electron chi connectivity index (χ4n) is 2.08. The van der Waals surface area contributed by atoms with E-state index in [0.717, 1.165) is 19.4 Å². The smallest absolute Gasteiger partial charge is 0.254 e. The number of hydrogen-bond donors (Lipinski definition) is 2. The highest BCUT2D eigenvalue weighted by atomic mass is 16.1. The van der Waals surface area contributed by atoms with Gasteiger partial charge in [-0.05, 0) is 24.3 Å². The summed E-state index contributed by atoms with van der Waals surface area (Å²) < 4.78 is 0. The van der Waals surface area contributed by atoms with Crippen molar-refractivity contribution in [2.24, 2.45) is 5.92 Å². The zero-order valence-electron chi connectivity index (χ0n) is 13.7. The van der Waals surface area contributed by atoms with Gasteiger partial charge in [0, 0.05) is 25.5 Å². The van der Waals surface area contributed by atoms with Gasteiger partial charge in [0.2, 0.25) is 5.95 Å². The Morgan fingerprint density at radius 1 is 1.09 bits per heavy atom. The summed E-state index contributed by atoms with van der Waals surface area (Å²) in [5, 5.41) is 6.04. The Kier molecular flexibility index (Phi) is 6.54. The van der Waals surface area contributed by atoms with E-state index in [1.807, 2.05) is 18.2 Å². The van der Waals surface area contributed by atoms with Crippen molar-refractivity contribution in [3.8, 4) is 0 Å². The van der Waals surface area contributed by atoms with E-state index in [1.54, 1.807) is 12.4 Å². The van der Waals surface area contributed by atoms with Gasteiger partial charge in [-0.1, -0.05) is 44.2 Å². The molecule has 5 heteroatoms. The zero-order valence-corrected chi connectivity index (χ0v) is 13.7.